The lowest BCUT2D eigenvalue weighted by Gasteiger charge is -2.41. The van der Waals surface area contributed by atoms with Crippen LogP contribution in [0.3, 0.4) is 0 Å². The van der Waals surface area contributed by atoms with Crippen molar-refractivity contribution in [2.45, 2.75) is 9.79 Å². The first kappa shape index (κ1) is 33.0. The van der Waals surface area contributed by atoms with E-state index in [0.717, 1.165) is 21.9 Å². The number of rotatable bonds is 4. The largest absolute Gasteiger partial charge is 0.456 e. The van der Waals surface area contributed by atoms with Gasteiger partial charge in [0.2, 0.25) is 0 Å². The molecule has 276 valence electrons. The van der Waals surface area contributed by atoms with Crippen molar-refractivity contribution in [1.82, 2.24) is 9.13 Å². The van der Waals surface area contributed by atoms with Crippen LogP contribution in [-0.4, -0.2) is 17.2 Å². The highest BCUT2D eigenvalue weighted by atomic mass is 32.2. The zero-order chi connectivity index (χ0) is 38.7. The fourth-order valence-electron chi connectivity index (χ4n) is 10.3. The molecule has 0 N–H and O–H groups in total. The van der Waals surface area contributed by atoms with Gasteiger partial charge in [0.15, 0.2) is 8.07 Å². The van der Waals surface area contributed by atoms with E-state index < -0.39 is 8.07 Å². The molecule has 0 radical (unpaired) electrons. The van der Waals surface area contributed by atoms with E-state index in [9.17, 15) is 0 Å². The zero-order valence-corrected chi connectivity index (χ0v) is 33.7. The number of benzene rings is 9. The first-order chi connectivity index (χ1) is 29.3. The Labute approximate surface area is 345 Å². The summed E-state index contributed by atoms with van der Waals surface area (Å²) in [4.78, 5) is 2.59. The van der Waals surface area contributed by atoms with Gasteiger partial charge in [-0.25, -0.2) is 0 Å². The Kier molecular flexibility index (Phi) is 6.97. The van der Waals surface area contributed by atoms with Crippen LogP contribution in [0.4, 0.5) is 0 Å². The molecule has 3 nitrogen and oxygen atoms in total. The van der Waals surface area contributed by atoms with Gasteiger partial charge in [-0.2, -0.15) is 0 Å². The van der Waals surface area contributed by atoms with Gasteiger partial charge in [0.25, 0.3) is 0 Å². The van der Waals surface area contributed by atoms with E-state index in [1.165, 1.54) is 85.5 Å². The number of hydrogen-bond acceptors (Lipinski definition) is 2. The third-order valence-corrected chi connectivity index (χ3v) is 19.1. The second-order valence-electron chi connectivity index (χ2n) is 15.6. The summed E-state index contributed by atoms with van der Waals surface area (Å²) in [7, 11) is -3.21. The Balaban J connectivity index is 1.21. The van der Waals surface area contributed by atoms with Gasteiger partial charge in [0.05, 0.1) is 27.8 Å². The van der Waals surface area contributed by atoms with Crippen LogP contribution in [0.15, 0.2) is 220 Å². The van der Waals surface area contributed by atoms with Gasteiger partial charge in [-0.05, 0) is 75.3 Å². The number of hydrogen-bond donors (Lipinski definition) is 0. The van der Waals surface area contributed by atoms with Crippen molar-refractivity contribution in [3.63, 3.8) is 0 Å². The van der Waals surface area contributed by atoms with E-state index in [-0.39, 0.29) is 0 Å². The molecule has 5 heteroatoms. The summed E-state index contributed by atoms with van der Waals surface area (Å²) in [5.74, 6) is 0. The van der Waals surface area contributed by atoms with Gasteiger partial charge in [0.1, 0.15) is 11.2 Å². The Bertz CT molecular complexity index is 3580. The maximum Gasteiger partial charge on any atom is 0.184 e. The molecule has 0 saturated heterocycles. The topological polar surface area (TPSA) is 23.0 Å². The number of furan rings is 1. The number of nitrogens with zero attached hydrogens (tertiary/aromatic N) is 2. The molecule has 1 aliphatic heterocycles. The molecule has 59 heavy (non-hydrogen) atoms. The van der Waals surface area contributed by atoms with E-state index in [1.54, 1.807) is 0 Å². The van der Waals surface area contributed by atoms with Gasteiger partial charge in [0, 0.05) is 47.8 Å². The number of fused-ring (bicyclic) bond motifs is 11. The molecule has 13 rings (SSSR count). The van der Waals surface area contributed by atoms with Crippen LogP contribution in [-0.2, 0) is 0 Å². The van der Waals surface area contributed by atoms with Gasteiger partial charge in [-0.3, -0.25) is 0 Å². The van der Waals surface area contributed by atoms with E-state index >= 15 is 0 Å². The molecule has 0 fully saturated rings. The summed E-state index contributed by atoms with van der Waals surface area (Å²) >= 11 is 1.92. The van der Waals surface area contributed by atoms with Gasteiger partial charge < -0.3 is 13.6 Å². The smallest absolute Gasteiger partial charge is 0.184 e. The molecule has 0 bridgehead atoms. The molecule has 9 aromatic carbocycles. The quantitative estimate of drug-likeness (QED) is 0.166. The Hall–Kier alpha value is -7.05. The fourth-order valence-corrected chi connectivity index (χ4v) is 17.5. The molecule has 4 heterocycles. The monoisotopic (exact) mass is 786 g/mol. The molecule has 0 spiro atoms. The van der Waals surface area contributed by atoms with Crippen molar-refractivity contribution >= 4 is 106 Å². The van der Waals surface area contributed by atoms with Crippen LogP contribution in [0.2, 0.25) is 0 Å². The number of para-hydroxylation sites is 6. The van der Waals surface area contributed by atoms with E-state index in [0.29, 0.717) is 0 Å². The zero-order valence-electron chi connectivity index (χ0n) is 31.8. The predicted octanol–water partition coefficient (Wildman–Crippen LogP) is 11.6. The SMILES string of the molecule is c1ccc2c(c1)Sc1c(-n3c4ccccc4c4ccccc43)cccc1[Si]2(c1ccc2c(c1)oc1ccccc12)c1ccccc1-n1c2ccccc2c2ccccc21. The maximum atomic E-state index is 6.75. The van der Waals surface area contributed by atoms with Gasteiger partial charge in [-0.15, -0.1) is 0 Å². The molecule has 0 saturated carbocycles. The highest BCUT2D eigenvalue weighted by Crippen LogP contribution is 2.42. The third-order valence-electron chi connectivity index (χ3n) is 12.7. The first-order valence-corrected chi connectivity index (χ1v) is 23.0. The normalized spacial score (nSPS) is 15.1. The summed E-state index contributed by atoms with van der Waals surface area (Å²) < 4.78 is 11.8. The minimum Gasteiger partial charge on any atom is -0.456 e. The highest BCUT2D eigenvalue weighted by molar-refractivity contribution is 8.00. The fraction of sp³-hybridized carbons (Fsp3) is 0. The summed E-state index contributed by atoms with van der Waals surface area (Å²) in [5, 5.41) is 12.7. The summed E-state index contributed by atoms with van der Waals surface area (Å²) in [6.07, 6.45) is 0. The molecule has 1 unspecified atom stereocenters. The molecule has 1 aliphatic rings. The Morgan fingerprint density at radius 3 is 1.49 bits per heavy atom. The molecule has 3 aromatic heterocycles. The van der Waals surface area contributed by atoms with Crippen LogP contribution < -0.4 is 20.7 Å². The average molecular weight is 787 g/mol. The van der Waals surface area contributed by atoms with Crippen LogP contribution in [0.5, 0.6) is 0 Å². The lowest BCUT2D eigenvalue weighted by Crippen LogP contribution is -2.77. The van der Waals surface area contributed by atoms with Crippen LogP contribution in [0, 0.1) is 0 Å². The molecular weight excluding hydrogens is 753 g/mol. The first-order valence-electron chi connectivity index (χ1n) is 20.2. The second-order valence-corrected chi connectivity index (χ2v) is 20.3. The van der Waals surface area contributed by atoms with Crippen molar-refractivity contribution in [1.29, 1.82) is 0 Å². The molecule has 0 aliphatic carbocycles. The van der Waals surface area contributed by atoms with Crippen molar-refractivity contribution in [3.8, 4) is 11.4 Å². The lowest BCUT2D eigenvalue weighted by atomic mass is 10.1. The van der Waals surface area contributed by atoms with Gasteiger partial charge >= 0.3 is 0 Å². The summed E-state index contributed by atoms with van der Waals surface area (Å²) in [6, 6.07) is 76.5. The summed E-state index contributed by atoms with van der Waals surface area (Å²) in [6.45, 7) is 0. The van der Waals surface area contributed by atoms with Crippen molar-refractivity contribution in [3.05, 3.63) is 206 Å². The van der Waals surface area contributed by atoms with Crippen molar-refractivity contribution < 1.29 is 4.42 Å². The second kappa shape index (κ2) is 12.5. The lowest BCUT2D eigenvalue weighted by molar-refractivity contribution is 0.669. The van der Waals surface area contributed by atoms with Crippen LogP contribution in [0.25, 0.3) is 76.9 Å². The van der Waals surface area contributed by atoms with E-state index in [4.69, 9.17) is 4.42 Å². The van der Waals surface area contributed by atoms with Crippen LogP contribution >= 0.6 is 11.8 Å². The Morgan fingerprint density at radius 2 is 0.831 bits per heavy atom. The standard InChI is InChI=1S/C54H34N2OSSi/c1-6-21-42-36(16-1)37-17-2-7-22-43(37)55(42)46-25-10-13-29-51(46)59(35-32-33-41-40-20-5-11-27-48(40)57-49(41)34-35)52-30-14-12-28-50(52)58-54-47(26-15-31-53(54)59)56-44-23-8-3-18-38(44)39-19-4-9-24-45(39)56/h1-34H. The maximum absolute atomic E-state index is 6.75. The van der Waals surface area contributed by atoms with Gasteiger partial charge in [-0.1, -0.05) is 163 Å². The van der Waals surface area contributed by atoms with Crippen LogP contribution in [0.1, 0.15) is 0 Å². The predicted molar refractivity (Wildman–Crippen MR) is 250 cm³/mol. The molecule has 0 amide bonds. The van der Waals surface area contributed by atoms with Crippen molar-refractivity contribution in [2.24, 2.45) is 0 Å². The van der Waals surface area contributed by atoms with E-state index in [2.05, 4.69) is 215 Å². The molecule has 1 atom stereocenters. The third kappa shape index (κ3) is 4.49. The van der Waals surface area contributed by atoms with Crippen molar-refractivity contribution in [2.75, 3.05) is 0 Å². The Morgan fingerprint density at radius 1 is 0.356 bits per heavy atom. The minimum atomic E-state index is -3.21. The molecular formula is C54H34N2OSSi. The highest BCUT2D eigenvalue weighted by Gasteiger charge is 2.49. The van der Waals surface area contributed by atoms with E-state index in [1.807, 2.05) is 11.8 Å². The number of aromatic nitrogens is 2. The average Bonchev–Trinajstić information content (AvgIpc) is 3.96. The summed E-state index contributed by atoms with van der Waals surface area (Å²) in [5.41, 5.74) is 9.07. The molecule has 12 aromatic rings. The minimum absolute atomic E-state index is 0.912.